The Kier molecular flexibility index (Phi) is 6.48. The summed E-state index contributed by atoms with van der Waals surface area (Å²) in [4.78, 5) is 28.3. The van der Waals surface area contributed by atoms with Crippen LogP contribution >= 0.6 is 0 Å². The lowest BCUT2D eigenvalue weighted by Crippen LogP contribution is -2.23. The first-order valence-corrected chi connectivity index (χ1v) is 13.2. The lowest BCUT2D eigenvalue weighted by Gasteiger charge is -2.17. The van der Waals surface area contributed by atoms with Crippen LogP contribution in [0.25, 0.3) is 11.3 Å². The van der Waals surface area contributed by atoms with Crippen molar-refractivity contribution in [2.45, 2.75) is 42.1 Å². The Bertz CT molecular complexity index is 1330. The van der Waals surface area contributed by atoms with Gasteiger partial charge in [0.2, 0.25) is 0 Å². The maximum atomic E-state index is 12.6. The second-order valence-electron chi connectivity index (χ2n) is 8.84. The Morgan fingerprint density at radius 3 is 2.66 bits per heavy atom. The van der Waals surface area contributed by atoms with Gasteiger partial charge in [0.1, 0.15) is 5.82 Å². The molecule has 2 fully saturated rings. The van der Waals surface area contributed by atoms with Crippen molar-refractivity contribution in [2.24, 2.45) is 0 Å². The summed E-state index contributed by atoms with van der Waals surface area (Å²) in [5, 5.41) is 2.53. The van der Waals surface area contributed by atoms with Crippen molar-refractivity contribution in [3.8, 4) is 11.3 Å². The lowest BCUT2D eigenvalue weighted by atomic mass is 10.1. The highest BCUT2D eigenvalue weighted by atomic mass is 32.2. The number of nitrogens with zero attached hydrogens (tertiary/aromatic N) is 4. The highest BCUT2D eigenvalue weighted by molar-refractivity contribution is 7.92. The molecule has 182 valence electrons. The summed E-state index contributed by atoms with van der Waals surface area (Å²) >= 11 is 0. The second kappa shape index (κ2) is 9.71. The van der Waals surface area contributed by atoms with E-state index in [2.05, 4.69) is 20.2 Å². The van der Waals surface area contributed by atoms with Crippen molar-refractivity contribution in [1.82, 2.24) is 20.3 Å². The van der Waals surface area contributed by atoms with Crippen molar-refractivity contribution in [3.05, 3.63) is 66.2 Å². The van der Waals surface area contributed by atoms with Gasteiger partial charge in [0, 0.05) is 37.5 Å². The van der Waals surface area contributed by atoms with E-state index in [4.69, 9.17) is 9.72 Å². The fourth-order valence-corrected chi connectivity index (χ4v) is 5.83. The number of hydrogen-bond donors (Lipinski definition) is 1. The number of hydrogen-bond acceptors (Lipinski definition) is 8. The fourth-order valence-electron chi connectivity index (χ4n) is 4.14. The fraction of sp³-hybridized carbons (Fsp3) is 0.360. The molecule has 10 heteroatoms. The Balaban J connectivity index is 1.23. The molecule has 1 unspecified atom stereocenters. The van der Waals surface area contributed by atoms with Crippen molar-refractivity contribution in [3.63, 3.8) is 0 Å². The van der Waals surface area contributed by atoms with E-state index in [1.165, 1.54) is 18.3 Å². The van der Waals surface area contributed by atoms with Gasteiger partial charge in [-0.15, -0.1) is 0 Å². The molecule has 1 aromatic carbocycles. The van der Waals surface area contributed by atoms with Crippen molar-refractivity contribution >= 4 is 21.6 Å². The van der Waals surface area contributed by atoms with Gasteiger partial charge < -0.3 is 15.0 Å². The van der Waals surface area contributed by atoms with Crippen LogP contribution < -0.4 is 10.2 Å². The molecule has 1 aliphatic heterocycles. The Labute approximate surface area is 204 Å². The largest absolute Gasteiger partial charge is 0.380 e. The number of aromatic nitrogens is 3. The number of sulfone groups is 1. The number of anilines is 1. The molecule has 3 aromatic rings. The zero-order chi connectivity index (χ0) is 24.4. The van der Waals surface area contributed by atoms with Crippen LogP contribution in [-0.4, -0.2) is 60.8 Å². The van der Waals surface area contributed by atoms with Gasteiger partial charge >= 0.3 is 0 Å². The molecule has 0 spiro atoms. The summed E-state index contributed by atoms with van der Waals surface area (Å²) in [5.41, 5.74) is 2.58. The van der Waals surface area contributed by atoms with E-state index < -0.39 is 9.84 Å². The van der Waals surface area contributed by atoms with Crippen molar-refractivity contribution in [2.75, 3.05) is 25.1 Å². The number of pyridine rings is 1. The van der Waals surface area contributed by atoms with Gasteiger partial charge in [-0.05, 0) is 43.5 Å². The number of carbonyl (C=O) groups is 1. The highest BCUT2D eigenvalue weighted by Crippen LogP contribution is 2.33. The minimum absolute atomic E-state index is 0.139. The maximum absolute atomic E-state index is 12.6. The first kappa shape index (κ1) is 23.4. The van der Waals surface area contributed by atoms with E-state index in [1.54, 1.807) is 31.6 Å². The average Bonchev–Trinajstić information content (AvgIpc) is 3.66. The molecule has 0 radical (unpaired) electrons. The SMILES string of the molecule is COC1CCN(c2cncc(-c3ccc(C(=O)NCc4cc(S(=O)(=O)C5CC5)ccn4)cc3)n2)C1. The first-order chi connectivity index (χ1) is 16.9. The monoisotopic (exact) mass is 493 g/mol. The second-order valence-corrected chi connectivity index (χ2v) is 11.1. The topological polar surface area (TPSA) is 114 Å². The predicted molar refractivity (Wildman–Crippen MR) is 131 cm³/mol. The minimum atomic E-state index is -3.30. The molecular formula is C25H27N5O4S. The number of methoxy groups -OCH3 is 1. The molecule has 1 saturated heterocycles. The third-order valence-corrected chi connectivity index (χ3v) is 8.64. The standard InChI is InChI=1S/C25H27N5O4S/c1-34-20-9-11-30(16-20)24-15-26-14-23(29-24)17-2-4-18(5-3-17)25(31)28-13-19-12-22(8-10-27-19)35(32,33)21-6-7-21/h2-5,8,10,12,14-15,20-21H,6-7,9,11,13,16H2,1H3,(H,28,31). The van der Waals surface area contributed by atoms with Crippen LogP contribution in [0.5, 0.6) is 0 Å². The van der Waals surface area contributed by atoms with Crippen LogP contribution in [0.1, 0.15) is 35.3 Å². The van der Waals surface area contributed by atoms with Gasteiger partial charge in [-0.2, -0.15) is 0 Å². The first-order valence-electron chi connectivity index (χ1n) is 11.6. The summed E-state index contributed by atoms with van der Waals surface area (Å²) in [6, 6.07) is 10.2. The molecule has 2 aliphatic rings. The lowest BCUT2D eigenvalue weighted by molar-refractivity contribution is 0.0950. The third kappa shape index (κ3) is 5.18. The molecule has 9 nitrogen and oxygen atoms in total. The van der Waals surface area contributed by atoms with Gasteiger partial charge in [0.05, 0.1) is 46.6 Å². The van der Waals surface area contributed by atoms with E-state index >= 15 is 0 Å². The molecule has 5 rings (SSSR count). The summed E-state index contributed by atoms with van der Waals surface area (Å²) in [7, 11) is -1.57. The molecule has 1 amide bonds. The molecule has 1 aliphatic carbocycles. The molecule has 0 bridgehead atoms. The highest BCUT2D eigenvalue weighted by Gasteiger charge is 2.37. The van der Waals surface area contributed by atoms with E-state index in [9.17, 15) is 13.2 Å². The number of ether oxygens (including phenoxy) is 1. The summed E-state index contributed by atoms with van der Waals surface area (Å²) in [6.45, 7) is 1.80. The van der Waals surface area contributed by atoms with Crippen LogP contribution in [0.4, 0.5) is 5.82 Å². The molecule has 2 aromatic heterocycles. The van der Waals surface area contributed by atoms with E-state index in [0.717, 1.165) is 36.6 Å². The third-order valence-electron chi connectivity index (χ3n) is 6.38. The Hall–Kier alpha value is -3.37. The zero-order valence-corrected chi connectivity index (χ0v) is 20.2. The molecule has 1 atom stereocenters. The molecule has 35 heavy (non-hydrogen) atoms. The Morgan fingerprint density at radius 2 is 1.94 bits per heavy atom. The van der Waals surface area contributed by atoms with Gasteiger partial charge in [0.25, 0.3) is 5.91 Å². The van der Waals surface area contributed by atoms with Crippen LogP contribution in [0.2, 0.25) is 0 Å². The molecule has 1 saturated carbocycles. The normalized spacial score (nSPS) is 18.0. The summed E-state index contributed by atoms with van der Waals surface area (Å²) in [6.07, 6.45) is 7.50. The van der Waals surface area contributed by atoms with Gasteiger partial charge in [0.15, 0.2) is 9.84 Å². The quantitative estimate of drug-likeness (QED) is 0.509. The molecular weight excluding hydrogens is 466 g/mol. The zero-order valence-electron chi connectivity index (χ0n) is 19.4. The molecule has 3 heterocycles. The van der Waals surface area contributed by atoms with Gasteiger partial charge in [-0.3, -0.25) is 14.8 Å². The number of nitrogens with one attached hydrogen (secondary N) is 1. The van der Waals surface area contributed by atoms with Crippen LogP contribution in [-0.2, 0) is 21.1 Å². The van der Waals surface area contributed by atoms with Gasteiger partial charge in [-0.25, -0.2) is 13.4 Å². The molecule has 1 N–H and O–H groups in total. The van der Waals surface area contributed by atoms with Crippen molar-refractivity contribution < 1.29 is 17.9 Å². The minimum Gasteiger partial charge on any atom is -0.380 e. The maximum Gasteiger partial charge on any atom is 0.251 e. The number of rotatable bonds is 8. The van der Waals surface area contributed by atoms with E-state index in [1.807, 2.05) is 12.1 Å². The summed E-state index contributed by atoms with van der Waals surface area (Å²) in [5.74, 6) is 0.540. The van der Waals surface area contributed by atoms with Gasteiger partial charge in [-0.1, -0.05) is 12.1 Å². The average molecular weight is 494 g/mol. The van der Waals surface area contributed by atoms with Crippen molar-refractivity contribution in [1.29, 1.82) is 0 Å². The summed E-state index contributed by atoms with van der Waals surface area (Å²) < 4.78 is 30.3. The number of benzene rings is 1. The smallest absolute Gasteiger partial charge is 0.251 e. The van der Waals surface area contributed by atoms with Crippen LogP contribution in [0, 0.1) is 0 Å². The van der Waals surface area contributed by atoms with E-state index in [-0.39, 0.29) is 28.7 Å². The number of amides is 1. The predicted octanol–water partition coefficient (Wildman–Crippen LogP) is 2.63. The Morgan fingerprint density at radius 1 is 1.14 bits per heavy atom. The number of carbonyl (C=O) groups excluding carboxylic acids is 1. The van der Waals surface area contributed by atoms with Crippen LogP contribution in [0.3, 0.4) is 0 Å². The van der Waals surface area contributed by atoms with Crippen LogP contribution in [0.15, 0.2) is 59.9 Å². The van der Waals surface area contributed by atoms with E-state index in [0.29, 0.717) is 24.1 Å².